The van der Waals surface area contributed by atoms with Crippen molar-refractivity contribution < 1.29 is 23.8 Å². The maximum atomic E-state index is 15.9. The number of anilines is 1. The van der Waals surface area contributed by atoms with E-state index in [1.54, 1.807) is 9.80 Å². The largest absolute Gasteiger partial charge is 0.507 e. The third-order valence-electron chi connectivity index (χ3n) is 8.24. The Kier molecular flexibility index (Phi) is 8.14. The summed E-state index contributed by atoms with van der Waals surface area (Å²) in [5.74, 6) is -1.87. The topological polar surface area (TPSA) is 105 Å². The van der Waals surface area contributed by atoms with E-state index in [-0.39, 0.29) is 40.9 Å². The van der Waals surface area contributed by atoms with E-state index in [1.165, 1.54) is 24.3 Å². The zero-order valence-electron chi connectivity index (χ0n) is 24.3. The molecule has 1 fully saturated rings. The molecule has 1 aromatic carbocycles. The van der Waals surface area contributed by atoms with Crippen molar-refractivity contribution in [1.82, 2.24) is 14.8 Å². The summed E-state index contributed by atoms with van der Waals surface area (Å²) in [4.78, 5) is 31.4. The lowest BCUT2D eigenvalue weighted by atomic mass is 9.88. The zero-order valence-corrected chi connectivity index (χ0v) is 24.3. The maximum absolute atomic E-state index is 15.9. The first kappa shape index (κ1) is 29.4. The molecule has 2 N–H and O–H groups in total. The summed E-state index contributed by atoms with van der Waals surface area (Å²) < 4.78 is 30.9. The molecule has 11 heteroatoms. The molecule has 0 aliphatic carbocycles. The Balaban J connectivity index is 1.71. The number of rotatable bonds is 5. The molecule has 0 spiro atoms. The number of allylic oxidation sites excluding steroid dienone is 2. The van der Waals surface area contributed by atoms with Crippen molar-refractivity contribution in [3.05, 3.63) is 65.5 Å². The van der Waals surface area contributed by atoms with Crippen molar-refractivity contribution in [2.75, 3.05) is 24.5 Å². The Morgan fingerprint density at radius 2 is 1.95 bits per heavy atom. The first-order valence-corrected chi connectivity index (χ1v) is 14.3. The van der Waals surface area contributed by atoms with Gasteiger partial charge in [-0.3, -0.25) is 14.7 Å². The molecule has 1 saturated heterocycles. The van der Waals surface area contributed by atoms with Gasteiger partial charge in [0.1, 0.15) is 28.9 Å². The summed E-state index contributed by atoms with van der Waals surface area (Å²) in [7, 11) is 0. The van der Waals surface area contributed by atoms with Gasteiger partial charge in [-0.1, -0.05) is 39.8 Å². The molecule has 42 heavy (non-hydrogen) atoms. The highest BCUT2D eigenvalue weighted by atomic mass is 19.1. The maximum Gasteiger partial charge on any atom is 0.246 e. The predicted molar refractivity (Wildman–Crippen MR) is 158 cm³/mol. The van der Waals surface area contributed by atoms with E-state index in [4.69, 9.17) is 4.99 Å². The second-order valence-corrected chi connectivity index (χ2v) is 11.0. The Hall–Kier alpha value is -4.12. The molecule has 0 saturated carbocycles. The second kappa shape index (κ2) is 11.6. The fourth-order valence-corrected chi connectivity index (χ4v) is 5.87. The van der Waals surface area contributed by atoms with Gasteiger partial charge < -0.3 is 20.0 Å². The third-order valence-corrected chi connectivity index (χ3v) is 8.24. The van der Waals surface area contributed by atoms with Gasteiger partial charge in [0, 0.05) is 43.5 Å². The number of hydrogen-bond acceptors (Lipinski definition) is 8. The first-order chi connectivity index (χ1) is 20.1. The molecule has 5 rings (SSSR count). The van der Waals surface area contributed by atoms with Crippen LogP contribution in [0.5, 0.6) is 5.75 Å². The quantitative estimate of drug-likeness (QED) is 0.500. The van der Waals surface area contributed by atoms with Crippen molar-refractivity contribution >= 4 is 23.8 Å². The van der Waals surface area contributed by atoms with E-state index in [0.29, 0.717) is 43.2 Å². The number of piperazine rings is 1. The van der Waals surface area contributed by atoms with Crippen LogP contribution in [-0.2, 0) is 4.79 Å². The van der Waals surface area contributed by atoms with Gasteiger partial charge in [0.25, 0.3) is 0 Å². The minimum Gasteiger partial charge on any atom is -0.507 e. The lowest BCUT2D eigenvalue weighted by Gasteiger charge is -2.45. The number of carbonyl (C=O) groups excluding carboxylic acids is 1. The number of aliphatic hydroxyl groups is 1. The van der Waals surface area contributed by atoms with Crippen molar-refractivity contribution in [2.45, 2.75) is 52.9 Å². The molecular weight excluding hydrogens is 542 g/mol. The number of aliphatic hydroxyl groups excluding tert-OH is 1. The Morgan fingerprint density at radius 1 is 1.19 bits per heavy atom. The number of halogens is 2. The van der Waals surface area contributed by atoms with Gasteiger partial charge in [-0.2, -0.15) is 0 Å². The number of amidine groups is 1. The second-order valence-electron chi connectivity index (χ2n) is 11.0. The van der Waals surface area contributed by atoms with E-state index in [9.17, 15) is 19.4 Å². The minimum atomic E-state index is -1.43. The number of hydrogen-bond donors (Lipinski definition) is 2. The van der Waals surface area contributed by atoms with Gasteiger partial charge in [0.05, 0.1) is 16.8 Å². The van der Waals surface area contributed by atoms with Crippen molar-refractivity contribution in [3.8, 4) is 17.0 Å². The lowest BCUT2D eigenvalue weighted by Crippen LogP contribution is -2.57. The first-order valence-electron chi connectivity index (χ1n) is 14.3. The monoisotopic (exact) mass is 578 g/mol. The number of aromatic hydroxyl groups is 1. The Bertz CT molecular complexity index is 1490. The standard InChI is InChI=1S/C31H36F2N6O3/c1-6-9-23-28(19(5)17(3)15-34-23)39-30-20(14-22(33)27(35-30)26-21(32)10-8-11-24(26)40)29(36-31(39)42)38-13-12-37(16-18(38)4)25(41)7-2/h7-8,10-11,14-15,17-19,31,40,42H,2,6,9,12-13,16H2,1,3-5H3/t17?,18-,19-,31?/m0/s1. The van der Waals surface area contributed by atoms with Crippen LogP contribution in [0.3, 0.4) is 0 Å². The van der Waals surface area contributed by atoms with Crippen LogP contribution in [0.1, 0.15) is 46.1 Å². The average molecular weight is 579 g/mol. The van der Waals surface area contributed by atoms with Crippen LogP contribution in [0.4, 0.5) is 14.6 Å². The van der Waals surface area contributed by atoms with Crippen LogP contribution in [0, 0.1) is 23.5 Å². The van der Waals surface area contributed by atoms with Crippen molar-refractivity contribution in [1.29, 1.82) is 0 Å². The van der Waals surface area contributed by atoms with E-state index in [1.807, 2.05) is 38.8 Å². The molecular formula is C31H36F2N6O3. The molecule has 1 amide bonds. The molecule has 3 aliphatic heterocycles. The number of amides is 1. The van der Waals surface area contributed by atoms with E-state index >= 15 is 4.39 Å². The van der Waals surface area contributed by atoms with Crippen LogP contribution in [0.15, 0.2) is 58.3 Å². The van der Waals surface area contributed by atoms with Gasteiger partial charge in [0.15, 0.2) is 5.82 Å². The number of phenolic OH excluding ortho intramolecular Hbond substituents is 1. The average Bonchev–Trinajstić information content (AvgIpc) is 2.96. The minimum absolute atomic E-state index is 0.0349. The van der Waals surface area contributed by atoms with Gasteiger partial charge in [-0.25, -0.2) is 18.8 Å². The summed E-state index contributed by atoms with van der Waals surface area (Å²) in [6, 6.07) is 4.73. The summed E-state index contributed by atoms with van der Waals surface area (Å²) >= 11 is 0. The molecule has 2 aromatic rings. The molecule has 0 bridgehead atoms. The van der Waals surface area contributed by atoms with Gasteiger partial charge in [0.2, 0.25) is 12.3 Å². The van der Waals surface area contributed by atoms with Crippen LogP contribution < -0.4 is 4.90 Å². The van der Waals surface area contributed by atoms with E-state index < -0.39 is 23.7 Å². The molecule has 0 radical (unpaired) electrons. The fourth-order valence-electron chi connectivity index (χ4n) is 5.87. The number of nitrogens with zero attached hydrogens (tertiary/aromatic N) is 6. The summed E-state index contributed by atoms with van der Waals surface area (Å²) in [6.07, 6.45) is 3.16. The van der Waals surface area contributed by atoms with Gasteiger partial charge in [-0.05, 0) is 43.5 Å². The predicted octanol–water partition coefficient (Wildman–Crippen LogP) is 4.66. The molecule has 2 unspecified atom stereocenters. The highest BCUT2D eigenvalue weighted by Crippen LogP contribution is 2.42. The summed E-state index contributed by atoms with van der Waals surface area (Å²) in [5, 5.41) is 22.2. The van der Waals surface area contributed by atoms with E-state index in [2.05, 4.69) is 16.6 Å². The number of carbonyl (C=O) groups is 1. The van der Waals surface area contributed by atoms with E-state index in [0.717, 1.165) is 18.2 Å². The number of benzene rings is 1. The van der Waals surface area contributed by atoms with Gasteiger partial charge >= 0.3 is 0 Å². The molecule has 4 atom stereocenters. The Morgan fingerprint density at radius 3 is 2.62 bits per heavy atom. The van der Waals surface area contributed by atoms with Crippen LogP contribution >= 0.6 is 0 Å². The Labute approximate surface area is 244 Å². The van der Waals surface area contributed by atoms with Crippen LogP contribution in [0.25, 0.3) is 11.3 Å². The molecule has 9 nitrogen and oxygen atoms in total. The number of aromatic nitrogens is 1. The number of fused-ring (bicyclic) bond motifs is 1. The number of aliphatic imine (C=N–C) groups is 2. The molecule has 4 heterocycles. The summed E-state index contributed by atoms with van der Waals surface area (Å²) in [5.41, 5.74) is 1.03. The number of pyridine rings is 1. The van der Waals surface area contributed by atoms with Crippen LogP contribution in [0.2, 0.25) is 0 Å². The molecule has 3 aliphatic rings. The lowest BCUT2D eigenvalue weighted by molar-refractivity contribution is -0.128. The fraction of sp³-hybridized carbons (Fsp3) is 0.419. The van der Waals surface area contributed by atoms with Crippen molar-refractivity contribution in [3.63, 3.8) is 0 Å². The smallest absolute Gasteiger partial charge is 0.246 e. The zero-order chi connectivity index (χ0) is 30.3. The third kappa shape index (κ3) is 5.06. The molecule has 222 valence electrons. The SMILES string of the molecule is C=CC(=O)N1CCN(C2=NC(O)N(C3=C(CCC)N=CC(C)[C@@H]3C)c3nc(-c4c(O)cccc4F)c(F)cc32)[C@@H](C)C1. The normalized spacial score (nSPS) is 24.1. The molecule has 1 aromatic heterocycles. The van der Waals surface area contributed by atoms with Gasteiger partial charge in [-0.15, -0.1) is 0 Å². The van der Waals surface area contributed by atoms with Crippen molar-refractivity contribution in [2.24, 2.45) is 21.8 Å². The number of phenols is 1. The highest BCUT2D eigenvalue weighted by Gasteiger charge is 2.40. The van der Waals surface area contributed by atoms with Crippen LogP contribution in [-0.4, -0.2) is 75.0 Å². The highest BCUT2D eigenvalue weighted by molar-refractivity contribution is 6.05. The summed E-state index contributed by atoms with van der Waals surface area (Å²) in [6.45, 7) is 12.7.